The van der Waals surface area contributed by atoms with Gasteiger partial charge in [-0.25, -0.2) is 0 Å². The Morgan fingerprint density at radius 2 is 2.00 bits per heavy atom. The third-order valence-electron chi connectivity index (χ3n) is 4.28. The molecule has 1 aliphatic rings. The molecule has 0 bridgehead atoms. The van der Waals surface area contributed by atoms with E-state index < -0.39 is 0 Å². The van der Waals surface area contributed by atoms with Crippen molar-refractivity contribution in [2.75, 3.05) is 13.2 Å². The first-order chi connectivity index (χ1) is 13.9. The summed E-state index contributed by atoms with van der Waals surface area (Å²) in [6.07, 6.45) is 1.84. The molecule has 1 amide bonds. The van der Waals surface area contributed by atoms with E-state index in [1.807, 2.05) is 44.2 Å². The standard InChI is InChI=1S/C22H22BrNO3S2/c1-4-24-21(25)19(29-22(24)28)12-16-10-17(23)20(18(11-16)26-5-2)27-13-15-8-6-7-14(3)9-15/h6-12H,4-5,13H2,1-3H3/b19-12+. The smallest absolute Gasteiger partial charge is 0.266 e. The number of hydrogen-bond donors (Lipinski definition) is 0. The monoisotopic (exact) mass is 491 g/mol. The molecule has 0 unspecified atom stereocenters. The Balaban J connectivity index is 1.87. The van der Waals surface area contributed by atoms with E-state index in [0.29, 0.717) is 40.5 Å². The maximum absolute atomic E-state index is 12.5. The van der Waals surface area contributed by atoms with Crippen molar-refractivity contribution in [1.82, 2.24) is 4.90 Å². The molecular formula is C22H22BrNO3S2. The molecule has 3 rings (SSSR count). The van der Waals surface area contributed by atoms with Crippen LogP contribution in [-0.2, 0) is 11.4 Å². The van der Waals surface area contributed by atoms with Crippen LogP contribution in [-0.4, -0.2) is 28.3 Å². The minimum Gasteiger partial charge on any atom is -0.490 e. The van der Waals surface area contributed by atoms with Gasteiger partial charge in [0.25, 0.3) is 5.91 Å². The number of rotatable bonds is 7. The molecular weight excluding hydrogens is 470 g/mol. The number of likely N-dealkylation sites (N-methyl/N-ethyl adjacent to an activating group) is 1. The van der Waals surface area contributed by atoms with Crippen LogP contribution in [0.1, 0.15) is 30.5 Å². The number of aryl methyl sites for hydroxylation is 1. The summed E-state index contributed by atoms with van der Waals surface area (Å²) in [4.78, 5) is 14.7. The molecule has 0 atom stereocenters. The predicted octanol–water partition coefficient (Wildman–Crippen LogP) is 5.96. The number of nitrogens with zero attached hydrogens (tertiary/aromatic N) is 1. The Morgan fingerprint density at radius 3 is 2.66 bits per heavy atom. The molecule has 29 heavy (non-hydrogen) atoms. The first-order valence-corrected chi connectivity index (χ1v) is 11.3. The Kier molecular flexibility index (Phi) is 7.38. The van der Waals surface area contributed by atoms with Gasteiger partial charge in [-0.3, -0.25) is 9.69 Å². The second-order valence-corrected chi connectivity index (χ2v) is 9.00. The Bertz CT molecular complexity index is 975. The quantitative estimate of drug-likeness (QED) is 0.353. The number of thiocarbonyl (C=S) groups is 1. The highest BCUT2D eigenvalue weighted by Crippen LogP contribution is 2.39. The fourth-order valence-corrected chi connectivity index (χ4v) is 4.91. The van der Waals surface area contributed by atoms with E-state index in [1.54, 1.807) is 4.90 Å². The summed E-state index contributed by atoms with van der Waals surface area (Å²) in [5, 5.41) is 0. The lowest BCUT2D eigenvalue weighted by Crippen LogP contribution is -2.27. The van der Waals surface area contributed by atoms with E-state index >= 15 is 0 Å². The number of ether oxygens (including phenoxy) is 2. The zero-order valence-electron chi connectivity index (χ0n) is 16.5. The van der Waals surface area contributed by atoms with Crippen molar-refractivity contribution < 1.29 is 14.3 Å². The van der Waals surface area contributed by atoms with E-state index in [2.05, 4.69) is 35.0 Å². The lowest BCUT2D eigenvalue weighted by atomic mass is 10.1. The zero-order valence-corrected chi connectivity index (χ0v) is 19.7. The normalized spacial score (nSPS) is 15.3. The van der Waals surface area contributed by atoms with Crippen LogP contribution in [0.3, 0.4) is 0 Å². The van der Waals surface area contributed by atoms with Crippen LogP contribution in [0.25, 0.3) is 6.08 Å². The number of halogens is 1. The van der Waals surface area contributed by atoms with Gasteiger partial charge in [0.2, 0.25) is 0 Å². The first kappa shape index (κ1) is 21.9. The van der Waals surface area contributed by atoms with Crippen molar-refractivity contribution >= 4 is 56.2 Å². The number of hydrogen-bond acceptors (Lipinski definition) is 5. The Hall–Kier alpha value is -1.83. The van der Waals surface area contributed by atoms with Crippen molar-refractivity contribution in [2.45, 2.75) is 27.4 Å². The fraction of sp³-hybridized carbons (Fsp3) is 0.273. The van der Waals surface area contributed by atoms with Gasteiger partial charge in [0.1, 0.15) is 10.9 Å². The van der Waals surface area contributed by atoms with Crippen LogP contribution in [0, 0.1) is 6.92 Å². The van der Waals surface area contributed by atoms with Gasteiger partial charge in [-0.2, -0.15) is 0 Å². The van der Waals surface area contributed by atoms with E-state index in [9.17, 15) is 4.79 Å². The van der Waals surface area contributed by atoms with Crippen molar-refractivity contribution in [3.05, 3.63) is 62.5 Å². The summed E-state index contributed by atoms with van der Waals surface area (Å²) in [6.45, 7) is 7.42. The number of carbonyl (C=O) groups excluding carboxylic acids is 1. The number of thioether (sulfide) groups is 1. The molecule has 4 nitrogen and oxygen atoms in total. The van der Waals surface area contributed by atoms with E-state index in [1.165, 1.54) is 17.3 Å². The average molecular weight is 492 g/mol. The molecule has 1 saturated heterocycles. The molecule has 0 saturated carbocycles. The number of amides is 1. The molecule has 0 spiro atoms. The van der Waals surface area contributed by atoms with Crippen LogP contribution in [0.15, 0.2) is 45.8 Å². The van der Waals surface area contributed by atoms with Gasteiger partial charge in [0, 0.05) is 6.54 Å². The zero-order chi connectivity index (χ0) is 21.0. The van der Waals surface area contributed by atoms with Crippen LogP contribution in [0.5, 0.6) is 11.5 Å². The van der Waals surface area contributed by atoms with Crippen LogP contribution < -0.4 is 9.47 Å². The van der Waals surface area contributed by atoms with Gasteiger partial charge in [-0.15, -0.1) is 0 Å². The molecule has 2 aromatic carbocycles. The highest BCUT2D eigenvalue weighted by Gasteiger charge is 2.30. The average Bonchev–Trinajstić information content (AvgIpc) is 2.94. The van der Waals surface area contributed by atoms with Crippen LogP contribution in [0.4, 0.5) is 0 Å². The maximum atomic E-state index is 12.5. The number of benzene rings is 2. The molecule has 1 aliphatic heterocycles. The molecule has 2 aromatic rings. The molecule has 0 N–H and O–H groups in total. The molecule has 1 heterocycles. The van der Waals surface area contributed by atoms with Crippen molar-refractivity contribution in [3.8, 4) is 11.5 Å². The summed E-state index contributed by atoms with van der Waals surface area (Å²) >= 11 is 10.2. The summed E-state index contributed by atoms with van der Waals surface area (Å²) < 4.78 is 13.2. The number of carbonyl (C=O) groups is 1. The molecule has 0 radical (unpaired) electrons. The van der Waals surface area contributed by atoms with Crippen LogP contribution >= 0.6 is 39.9 Å². The maximum Gasteiger partial charge on any atom is 0.266 e. The molecule has 0 aliphatic carbocycles. The van der Waals surface area contributed by atoms with Gasteiger partial charge in [0.15, 0.2) is 11.5 Å². The van der Waals surface area contributed by atoms with E-state index in [4.69, 9.17) is 21.7 Å². The SMILES string of the molecule is CCOc1cc(/C=C2/SC(=S)N(CC)C2=O)cc(Br)c1OCc1cccc(C)c1. The van der Waals surface area contributed by atoms with Gasteiger partial charge < -0.3 is 9.47 Å². The van der Waals surface area contributed by atoms with E-state index in [0.717, 1.165) is 15.6 Å². The fourth-order valence-electron chi connectivity index (χ4n) is 2.96. The van der Waals surface area contributed by atoms with Gasteiger partial charge in [0.05, 0.1) is 16.0 Å². The topological polar surface area (TPSA) is 38.8 Å². The summed E-state index contributed by atoms with van der Waals surface area (Å²) in [6, 6.07) is 12.0. The highest BCUT2D eigenvalue weighted by atomic mass is 79.9. The van der Waals surface area contributed by atoms with Crippen LogP contribution in [0.2, 0.25) is 0 Å². The molecule has 0 aromatic heterocycles. The van der Waals surface area contributed by atoms with Gasteiger partial charge >= 0.3 is 0 Å². The molecule has 1 fully saturated rings. The second-order valence-electron chi connectivity index (χ2n) is 6.47. The van der Waals surface area contributed by atoms with Crippen molar-refractivity contribution in [1.29, 1.82) is 0 Å². The summed E-state index contributed by atoms with van der Waals surface area (Å²) in [5.74, 6) is 1.22. The Labute approximate surface area is 189 Å². The van der Waals surface area contributed by atoms with E-state index in [-0.39, 0.29) is 5.91 Å². The third kappa shape index (κ3) is 5.21. The lowest BCUT2D eigenvalue weighted by molar-refractivity contribution is -0.121. The van der Waals surface area contributed by atoms with Gasteiger partial charge in [-0.05, 0) is 66.0 Å². The largest absolute Gasteiger partial charge is 0.490 e. The predicted molar refractivity (Wildman–Crippen MR) is 126 cm³/mol. The lowest BCUT2D eigenvalue weighted by Gasteiger charge is -2.15. The summed E-state index contributed by atoms with van der Waals surface area (Å²) in [7, 11) is 0. The van der Waals surface area contributed by atoms with Crippen molar-refractivity contribution in [2.24, 2.45) is 0 Å². The first-order valence-electron chi connectivity index (χ1n) is 9.33. The minimum absolute atomic E-state index is 0.0589. The highest BCUT2D eigenvalue weighted by molar-refractivity contribution is 9.10. The third-order valence-corrected chi connectivity index (χ3v) is 6.25. The summed E-state index contributed by atoms with van der Waals surface area (Å²) in [5.41, 5.74) is 3.13. The van der Waals surface area contributed by atoms with Gasteiger partial charge in [-0.1, -0.05) is 53.8 Å². The van der Waals surface area contributed by atoms with Crippen molar-refractivity contribution in [3.63, 3.8) is 0 Å². The minimum atomic E-state index is -0.0589. The molecule has 152 valence electrons. The molecule has 7 heteroatoms. The Morgan fingerprint density at radius 1 is 1.21 bits per heavy atom. The second kappa shape index (κ2) is 9.78.